The van der Waals surface area contributed by atoms with Gasteiger partial charge in [-0.1, -0.05) is 11.6 Å². The van der Waals surface area contributed by atoms with Gasteiger partial charge < -0.3 is 14.9 Å². The molecule has 0 amide bonds. The van der Waals surface area contributed by atoms with Crippen molar-refractivity contribution in [2.24, 2.45) is 5.92 Å². The zero-order chi connectivity index (χ0) is 18.8. The van der Waals surface area contributed by atoms with Crippen molar-refractivity contribution in [3.05, 3.63) is 28.8 Å². The minimum atomic E-state index is -3.93. The SMILES string of the molecule is COC(=O)c1ccc(S(=O)(=O)N2CCCC(C(O)C(=O)O)C2)cc1Cl. The summed E-state index contributed by atoms with van der Waals surface area (Å²) in [6, 6.07) is 3.65. The number of aliphatic carboxylic acids is 1. The minimum absolute atomic E-state index is 0.0425. The van der Waals surface area contributed by atoms with Gasteiger partial charge in [0.1, 0.15) is 0 Å². The van der Waals surface area contributed by atoms with Crippen molar-refractivity contribution >= 4 is 33.6 Å². The van der Waals surface area contributed by atoms with Crippen LogP contribution in [0, 0.1) is 5.92 Å². The average Bonchev–Trinajstić information content (AvgIpc) is 2.60. The quantitative estimate of drug-likeness (QED) is 0.717. The highest BCUT2D eigenvalue weighted by Gasteiger charge is 2.36. The Labute approximate surface area is 150 Å². The Morgan fingerprint density at radius 3 is 2.64 bits per heavy atom. The summed E-state index contributed by atoms with van der Waals surface area (Å²) in [7, 11) is -2.75. The molecule has 2 atom stereocenters. The van der Waals surface area contributed by atoms with Crippen molar-refractivity contribution in [1.82, 2.24) is 4.31 Å². The second-order valence-corrected chi connectivity index (χ2v) is 8.03. The van der Waals surface area contributed by atoms with Crippen LogP contribution in [0.3, 0.4) is 0 Å². The molecule has 1 aromatic rings. The van der Waals surface area contributed by atoms with E-state index in [4.69, 9.17) is 16.7 Å². The predicted octanol–water partition coefficient (Wildman–Crippen LogP) is 0.973. The predicted molar refractivity (Wildman–Crippen MR) is 87.9 cm³/mol. The van der Waals surface area contributed by atoms with Gasteiger partial charge in [-0.05, 0) is 31.0 Å². The molecule has 10 heteroatoms. The number of hydrogen-bond donors (Lipinski definition) is 2. The minimum Gasteiger partial charge on any atom is -0.479 e. The molecule has 25 heavy (non-hydrogen) atoms. The van der Waals surface area contributed by atoms with Crippen molar-refractivity contribution in [2.45, 2.75) is 23.8 Å². The summed E-state index contributed by atoms with van der Waals surface area (Å²) >= 11 is 5.97. The molecule has 0 spiro atoms. The summed E-state index contributed by atoms with van der Waals surface area (Å²) in [6.45, 7) is 0.105. The largest absolute Gasteiger partial charge is 0.479 e. The maximum atomic E-state index is 12.8. The molecule has 2 N–H and O–H groups in total. The molecule has 0 aromatic heterocycles. The smallest absolute Gasteiger partial charge is 0.339 e. The summed E-state index contributed by atoms with van der Waals surface area (Å²) in [6.07, 6.45) is -0.771. The van der Waals surface area contributed by atoms with Crippen LogP contribution < -0.4 is 0 Å². The third-order valence-corrected chi connectivity index (χ3v) is 6.28. The summed E-state index contributed by atoms with van der Waals surface area (Å²) in [5.41, 5.74) is 0.0425. The maximum absolute atomic E-state index is 12.8. The van der Waals surface area contributed by atoms with Crippen LogP contribution in [-0.2, 0) is 19.6 Å². The van der Waals surface area contributed by atoms with Crippen LogP contribution in [0.2, 0.25) is 5.02 Å². The molecule has 8 nitrogen and oxygen atoms in total. The van der Waals surface area contributed by atoms with Crippen molar-refractivity contribution in [3.63, 3.8) is 0 Å². The topological polar surface area (TPSA) is 121 Å². The zero-order valence-corrected chi connectivity index (χ0v) is 15.0. The number of carboxylic acid groups (broad SMARTS) is 1. The van der Waals surface area contributed by atoms with Gasteiger partial charge in [0.15, 0.2) is 6.10 Å². The summed E-state index contributed by atoms with van der Waals surface area (Å²) < 4.78 is 31.2. The lowest BCUT2D eigenvalue weighted by molar-refractivity contribution is -0.150. The fourth-order valence-corrected chi connectivity index (χ4v) is 4.62. The van der Waals surface area contributed by atoms with Crippen LogP contribution >= 0.6 is 11.6 Å². The molecule has 138 valence electrons. The highest BCUT2D eigenvalue weighted by Crippen LogP contribution is 2.28. The first-order valence-corrected chi connectivity index (χ1v) is 9.29. The lowest BCUT2D eigenvalue weighted by atomic mass is 9.94. The van der Waals surface area contributed by atoms with Gasteiger partial charge in [0.25, 0.3) is 0 Å². The number of benzene rings is 1. The molecule has 0 radical (unpaired) electrons. The number of carbonyl (C=O) groups is 2. The molecular formula is C15H18ClNO7S. The van der Waals surface area contributed by atoms with Gasteiger partial charge in [-0.2, -0.15) is 4.31 Å². The van der Waals surface area contributed by atoms with Crippen LogP contribution in [0.5, 0.6) is 0 Å². The van der Waals surface area contributed by atoms with Crippen molar-refractivity contribution in [3.8, 4) is 0 Å². The Balaban J connectivity index is 2.27. The van der Waals surface area contributed by atoms with E-state index in [1.54, 1.807) is 0 Å². The number of hydrogen-bond acceptors (Lipinski definition) is 6. The van der Waals surface area contributed by atoms with Crippen LogP contribution in [0.25, 0.3) is 0 Å². The molecule has 1 saturated heterocycles. The number of aliphatic hydroxyl groups is 1. The molecule has 0 aliphatic carbocycles. The van der Waals surface area contributed by atoms with Gasteiger partial charge in [-0.3, -0.25) is 0 Å². The van der Waals surface area contributed by atoms with Crippen molar-refractivity contribution in [1.29, 1.82) is 0 Å². The molecule has 2 unspecified atom stereocenters. The van der Waals surface area contributed by atoms with Crippen LogP contribution in [0.4, 0.5) is 0 Å². The number of piperidine rings is 1. The van der Waals surface area contributed by atoms with Gasteiger partial charge in [-0.15, -0.1) is 0 Å². The van der Waals surface area contributed by atoms with Crippen LogP contribution in [-0.4, -0.2) is 61.2 Å². The molecule has 0 bridgehead atoms. The summed E-state index contributed by atoms with van der Waals surface area (Å²) in [4.78, 5) is 22.3. The fraction of sp³-hybridized carbons (Fsp3) is 0.467. The molecule has 1 aliphatic rings. The first kappa shape index (κ1) is 19.6. The highest BCUT2D eigenvalue weighted by atomic mass is 35.5. The number of rotatable bonds is 5. The second-order valence-electron chi connectivity index (χ2n) is 5.68. The number of halogens is 1. The molecule has 1 fully saturated rings. The molecule has 1 heterocycles. The maximum Gasteiger partial charge on any atom is 0.339 e. The van der Waals surface area contributed by atoms with E-state index < -0.39 is 34.0 Å². The third kappa shape index (κ3) is 4.12. The molecule has 1 aliphatic heterocycles. The number of nitrogens with zero attached hydrogens (tertiary/aromatic N) is 1. The van der Waals surface area contributed by atoms with Gasteiger partial charge in [-0.25, -0.2) is 18.0 Å². The molecule has 2 rings (SSSR count). The molecule has 1 aromatic carbocycles. The van der Waals surface area contributed by atoms with Gasteiger partial charge in [0.05, 0.1) is 22.6 Å². The second kappa shape index (κ2) is 7.69. The Bertz CT molecular complexity index is 780. The monoisotopic (exact) mass is 391 g/mol. The van der Waals surface area contributed by atoms with E-state index in [2.05, 4.69) is 4.74 Å². The summed E-state index contributed by atoms with van der Waals surface area (Å²) in [5, 5.41) is 18.5. The number of methoxy groups -OCH3 is 1. The zero-order valence-electron chi connectivity index (χ0n) is 13.4. The van der Waals surface area contributed by atoms with E-state index in [9.17, 15) is 23.1 Å². The van der Waals surface area contributed by atoms with Gasteiger partial charge in [0, 0.05) is 19.0 Å². The Hall–Kier alpha value is -1.68. The van der Waals surface area contributed by atoms with E-state index in [-0.39, 0.29) is 28.6 Å². The Morgan fingerprint density at radius 2 is 2.08 bits per heavy atom. The van der Waals surface area contributed by atoms with E-state index in [1.165, 1.54) is 19.2 Å². The number of ether oxygens (including phenoxy) is 1. The van der Waals surface area contributed by atoms with E-state index in [0.29, 0.717) is 12.8 Å². The van der Waals surface area contributed by atoms with E-state index in [0.717, 1.165) is 10.4 Å². The van der Waals surface area contributed by atoms with Gasteiger partial charge >= 0.3 is 11.9 Å². The normalized spacial score (nSPS) is 20.0. The number of aliphatic hydroxyl groups excluding tert-OH is 1. The van der Waals surface area contributed by atoms with Crippen LogP contribution in [0.1, 0.15) is 23.2 Å². The average molecular weight is 392 g/mol. The molecule has 0 saturated carbocycles. The van der Waals surface area contributed by atoms with Crippen molar-refractivity contribution < 1.29 is 33.0 Å². The summed E-state index contributed by atoms with van der Waals surface area (Å²) in [5.74, 6) is -2.75. The first-order chi connectivity index (χ1) is 11.7. The van der Waals surface area contributed by atoms with E-state index >= 15 is 0 Å². The number of carboxylic acids is 1. The third-order valence-electron chi connectivity index (χ3n) is 4.10. The highest BCUT2D eigenvalue weighted by molar-refractivity contribution is 7.89. The first-order valence-electron chi connectivity index (χ1n) is 7.47. The van der Waals surface area contributed by atoms with Gasteiger partial charge in [0.2, 0.25) is 10.0 Å². The number of carbonyl (C=O) groups excluding carboxylic acids is 1. The Morgan fingerprint density at radius 1 is 1.40 bits per heavy atom. The number of esters is 1. The van der Waals surface area contributed by atoms with Crippen molar-refractivity contribution in [2.75, 3.05) is 20.2 Å². The standard InChI is InChI=1S/C15H18ClNO7S/c1-24-15(21)11-5-4-10(7-12(11)16)25(22,23)17-6-2-3-9(8-17)13(18)14(19)20/h4-5,7,9,13,18H,2-3,6,8H2,1H3,(H,19,20). The lowest BCUT2D eigenvalue weighted by Crippen LogP contribution is -2.45. The Kier molecular flexibility index (Phi) is 6.04. The number of sulfonamides is 1. The van der Waals surface area contributed by atoms with E-state index in [1.807, 2.05) is 0 Å². The van der Waals surface area contributed by atoms with Crippen LogP contribution in [0.15, 0.2) is 23.1 Å². The fourth-order valence-electron chi connectivity index (χ4n) is 2.73. The lowest BCUT2D eigenvalue weighted by Gasteiger charge is -2.33. The molecular weight excluding hydrogens is 374 g/mol.